The third-order valence-electron chi connectivity index (χ3n) is 13.8. The molecule has 8 aliphatic heterocycles. The van der Waals surface area contributed by atoms with Crippen molar-refractivity contribution >= 4 is 25.2 Å². The Morgan fingerprint density at radius 3 is 0.855 bits per heavy atom. The van der Waals surface area contributed by atoms with Crippen LogP contribution >= 0.6 is 19.3 Å². The van der Waals surface area contributed by atoms with Crippen LogP contribution in [0.1, 0.15) is 165 Å². The molecule has 0 aliphatic carbocycles. The fraction of sp³-hybridized carbons (Fsp3) is 0.860. The fourth-order valence-corrected chi connectivity index (χ4v) is 10.1. The first-order chi connectivity index (χ1) is 34.1. The Labute approximate surface area is 446 Å². The number of nitrogens with two attached hydrogens (primary N) is 1. The van der Waals surface area contributed by atoms with E-state index in [1.54, 1.807) is 12.5 Å². The average molecular weight is 1350 g/mol. The summed E-state index contributed by atoms with van der Waals surface area (Å²) in [5.41, 5.74) is 7.00. The normalized spacial score (nSPS) is 28.9. The third kappa shape index (κ3) is 28.6. The molecule has 0 saturated carbocycles. The molecule has 8 saturated heterocycles. The molecule has 19 heteroatoms. The Hall–Kier alpha value is -0.617. The summed E-state index contributed by atoms with van der Waals surface area (Å²) in [5.74, 6) is -0.848. The topological polar surface area (TPSA) is 233 Å². The number of H-pyrrole nitrogens is 2. The summed E-state index contributed by atoms with van der Waals surface area (Å²) in [7, 11) is 9.33. The summed E-state index contributed by atoms with van der Waals surface area (Å²) in [6.07, 6.45) is 39.2. The number of aromatic nitrogens is 4. The van der Waals surface area contributed by atoms with Crippen molar-refractivity contribution in [1.29, 1.82) is 0 Å². The van der Waals surface area contributed by atoms with Crippen molar-refractivity contribution in [2.75, 3.05) is 58.9 Å². The third-order valence-corrected chi connectivity index (χ3v) is 13.8. The molecule has 0 bridgehead atoms. The van der Waals surface area contributed by atoms with E-state index in [2.05, 4.69) is 81.7 Å². The van der Waals surface area contributed by atoms with Gasteiger partial charge < -0.3 is 63.3 Å². The van der Waals surface area contributed by atoms with Crippen LogP contribution in [0, 0.1) is 0 Å². The summed E-state index contributed by atoms with van der Waals surface area (Å²) >= 11 is 2.67. The van der Waals surface area contributed by atoms with E-state index >= 15 is 0 Å². The standard InChI is InChI=1S/4C10H18N2.C5H9N3.C5H6N2O2.2ClH.2Os/c4*1-3-7-11-9(5-1)10-6-2-4-8-12-10;6-2-1-5-3-7-4-8-5;8-5(9)1-4-2-6-3-7-4;;;;/h4*9-10H,1-8H2;3-4H,1-2,6H2,(H,7,8);2-3H,1H2,(H,6,7)(H,8,9);2*1H;;/q4*-2;;;;;2*+1/p-2. The molecular weight excluding hydrogens is 1270 g/mol. The van der Waals surface area contributed by atoms with Crippen LogP contribution < -0.4 is 5.73 Å². The van der Waals surface area contributed by atoms with Crippen molar-refractivity contribution < 1.29 is 45.1 Å². The zero-order valence-corrected chi connectivity index (χ0v) is 48.1. The van der Waals surface area contributed by atoms with E-state index in [1.165, 1.54) is 202 Å². The average Bonchev–Trinajstić information content (AvgIpc) is 4.18. The number of piperidine rings is 8. The quantitative estimate of drug-likeness (QED) is 0.201. The summed E-state index contributed by atoms with van der Waals surface area (Å²) in [5, 5.41) is 45.5. The zero-order valence-electron chi connectivity index (χ0n) is 41.5. The van der Waals surface area contributed by atoms with E-state index in [0.29, 0.717) is 60.6 Å². The first-order valence-corrected chi connectivity index (χ1v) is 32.8. The van der Waals surface area contributed by atoms with Gasteiger partial charge in [0.25, 0.3) is 0 Å². The predicted octanol–water partition coefficient (Wildman–Crippen LogP) is 12.7. The molecule has 402 valence electrons. The Kier molecular flexibility index (Phi) is 38.8. The second kappa shape index (κ2) is 42.7. The van der Waals surface area contributed by atoms with Crippen LogP contribution in [-0.4, -0.2) is 138 Å². The van der Waals surface area contributed by atoms with Crippen molar-refractivity contribution in [3.8, 4) is 0 Å². The summed E-state index contributed by atoms with van der Waals surface area (Å²) in [6.45, 7) is 9.43. The second-order valence-electron chi connectivity index (χ2n) is 19.0. The molecule has 8 fully saturated rings. The zero-order chi connectivity index (χ0) is 49.4. The Bertz CT molecular complexity index is 1200. The van der Waals surface area contributed by atoms with Gasteiger partial charge >= 0.3 is 60.4 Å². The van der Waals surface area contributed by atoms with E-state index in [9.17, 15) is 4.79 Å². The van der Waals surface area contributed by atoms with Crippen LogP contribution in [0.25, 0.3) is 42.5 Å². The van der Waals surface area contributed by atoms with Crippen molar-refractivity contribution in [3.63, 3.8) is 0 Å². The van der Waals surface area contributed by atoms with Gasteiger partial charge in [0, 0.05) is 30.2 Å². The number of carbonyl (C=O) groups is 1. The van der Waals surface area contributed by atoms with Crippen LogP contribution in [0.5, 0.6) is 0 Å². The molecule has 10 heterocycles. The number of halogens is 2. The van der Waals surface area contributed by atoms with E-state index in [-0.39, 0.29) is 6.42 Å². The Balaban J connectivity index is 0.000000217. The number of nitrogens with zero attached hydrogens (tertiary/aromatic N) is 10. The van der Waals surface area contributed by atoms with E-state index in [0.717, 1.165) is 64.5 Å². The maximum absolute atomic E-state index is 10.0. The summed E-state index contributed by atoms with van der Waals surface area (Å²) in [4.78, 5) is 23.1. The van der Waals surface area contributed by atoms with Gasteiger partial charge in [-0.15, -0.1) is 52.4 Å². The van der Waals surface area contributed by atoms with Gasteiger partial charge in [-0.25, -0.2) is 9.97 Å². The number of nitrogens with one attached hydrogen (secondary N) is 2. The van der Waals surface area contributed by atoms with Gasteiger partial charge in [0.15, 0.2) is 0 Å². The van der Waals surface area contributed by atoms with Gasteiger partial charge in [0.05, 0.1) is 19.1 Å². The Morgan fingerprint density at radius 2 is 0.696 bits per heavy atom. The molecule has 15 nitrogen and oxygen atoms in total. The van der Waals surface area contributed by atoms with Crippen molar-refractivity contribution in [2.24, 2.45) is 5.73 Å². The summed E-state index contributed by atoms with van der Waals surface area (Å²) in [6, 6.07) is 4.77. The first-order valence-electron chi connectivity index (χ1n) is 26.5. The molecule has 8 unspecified atom stereocenters. The number of rotatable bonds is 8. The van der Waals surface area contributed by atoms with Crippen molar-refractivity contribution in [3.05, 3.63) is 79.0 Å². The molecule has 8 atom stereocenters. The SMILES string of the molecule is C1CCC(C2CCCC[N-]2)[N-]C1.C1CCC(C2CCCC[N-]2)[N-]C1.C1CCC(C2CCCC[N-]2)[N-]C1.C1CCC(C2CCCC[N-]2)[N-]C1.NCCc1cnc[nH]1.O=C(O)Cc1cnc[nH]1.[Cl][Os].[Cl][Os]. The van der Waals surface area contributed by atoms with Gasteiger partial charge in [-0.3, -0.25) is 4.79 Å². The molecular formula is C50H87Cl2N13O2Os2-8. The molecule has 0 radical (unpaired) electrons. The molecule has 0 spiro atoms. The molecule has 10 rings (SSSR count). The molecule has 2 aromatic heterocycles. The molecule has 0 aromatic carbocycles. The summed E-state index contributed by atoms with van der Waals surface area (Å²) < 4.78 is 0. The van der Waals surface area contributed by atoms with Crippen LogP contribution in [0.3, 0.4) is 0 Å². The minimum absolute atomic E-state index is 0.0139. The minimum atomic E-state index is -0.848. The molecule has 2 aromatic rings. The van der Waals surface area contributed by atoms with Gasteiger partial charge in [0.2, 0.25) is 0 Å². The van der Waals surface area contributed by atoms with Crippen LogP contribution in [0.15, 0.2) is 25.0 Å². The van der Waals surface area contributed by atoms with Gasteiger partial charge in [0.1, 0.15) is 0 Å². The van der Waals surface area contributed by atoms with Crippen molar-refractivity contribution in [1.82, 2.24) is 19.9 Å². The van der Waals surface area contributed by atoms with Crippen LogP contribution in [-0.2, 0) is 52.8 Å². The fourth-order valence-electron chi connectivity index (χ4n) is 10.1. The van der Waals surface area contributed by atoms with Gasteiger partial charge in [-0.05, 0) is 6.54 Å². The number of hydrogen-bond donors (Lipinski definition) is 4. The Morgan fingerprint density at radius 1 is 0.464 bits per heavy atom. The number of aliphatic carboxylic acids is 1. The van der Waals surface area contributed by atoms with Crippen molar-refractivity contribution in [2.45, 2.75) is 215 Å². The molecule has 69 heavy (non-hydrogen) atoms. The molecule has 5 N–H and O–H groups in total. The molecule has 8 aliphatic rings. The van der Waals surface area contributed by atoms with E-state index in [4.69, 9.17) is 10.8 Å². The van der Waals surface area contributed by atoms with Gasteiger partial charge in [-0.1, -0.05) is 154 Å². The number of carboxylic acids is 1. The predicted molar refractivity (Wildman–Crippen MR) is 280 cm³/mol. The maximum atomic E-state index is 10.0. The number of hydrogen-bond acceptors (Lipinski definition) is 4. The van der Waals surface area contributed by atoms with Crippen LogP contribution in [0.2, 0.25) is 0 Å². The first kappa shape index (κ1) is 62.7. The van der Waals surface area contributed by atoms with E-state index < -0.39 is 5.97 Å². The van der Waals surface area contributed by atoms with E-state index in [1.807, 2.05) is 0 Å². The number of imidazole rings is 2. The number of aromatic amines is 2. The molecule has 0 amide bonds. The van der Waals surface area contributed by atoms with Gasteiger partial charge in [-0.2, -0.15) is 48.3 Å². The van der Waals surface area contributed by atoms with Crippen LogP contribution in [0.4, 0.5) is 0 Å². The number of carboxylic acid groups (broad SMARTS) is 1. The monoisotopic (exact) mass is 1360 g/mol. The second-order valence-corrected chi connectivity index (χ2v) is 19.0.